The third-order valence-electron chi connectivity index (χ3n) is 4.84. The zero-order chi connectivity index (χ0) is 14.2. The molecule has 0 aromatic heterocycles. The van der Waals surface area contributed by atoms with Crippen LogP contribution in [0.3, 0.4) is 0 Å². The molecule has 0 aromatic carbocycles. The number of aliphatic hydroxyl groups excluding tert-OH is 1. The maximum atomic E-state index is 11.7. The highest BCUT2D eigenvalue weighted by Crippen LogP contribution is 2.38. The number of nitrogens with one attached hydrogen (secondary N) is 1. The first kappa shape index (κ1) is 14.3. The average Bonchev–Trinajstić information content (AvgIpc) is 2.67. The number of rotatable bonds is 5. The topological polar surface area (TPSA) is 95.7 Å². The molecular formula is C13H23N3O3. The molecule has 0 aromatic rings. The normalized spacial score (nSPS) is 33.8. The summed E-state index contributed by atoms with van der Waals surface area (Å²) in [6, 6.07) is 0.284. The van der Waals surface area contributed by atoms with Gasteiger partial charge in [0.25, 0.3) is 0 Å². The van der Waals surface area contributed by atoms with Crippen molar-refractivity contribution in [3.8, 4) is 0 Å². The fourth-order valence-electron chi connectivity index (χ4n) is 3.31. The summed E-state index contributed by atoms with van der Waals surface area (Å²) in [5.41, 5.74) is 4.97. The second-order valence-corrected chi connectivity index (χ2v) is 5.84. The molecule has 2 rings (SSSR count). The van der Waals surface area contributed by atoms with E-state index in [0.717, 1.165) is 19.3 Å². The smallest absolute Gasteiger partial charge is 0.242 e. The molecule has 0 radical (unpaired) electrons. The van der Waals surface area contributed by atoms with Crippen molar-refractivity contribution in [2.75, 3.05) is 13.6 Å². The van der Waals surface area contributed by atoms with Crippen LogP contribution in [0.25, 0.3) is 0 Å². The molecule has 0 bridgehead atoms. The maximum Gasteiger partial charge on any atom is 0.242 e. The summed E-state index contributed by atoms with van der Waals surface area (Å²) >= 11 is 0. The Labute approximate surface area is 113 Å². The average molecular weight is 269 g/mol. The molecule has 6 heteroatoms. The Bertz CT molecular complexity index is 385. The molecule has 2 heterocycles. The number of hydrogen-bond acceptors (Lipinski definition) is 4. The van der Waals surface area contributed by atoms with E-state index in [1.54, 1.807) is 6.92 Å². The van der Waals surface area contributed by atoms with Gasteiger partial charge < -0.3 is 16.2 Å². The predicted octanol–water partition coefficient (Wildman–Crippen LogP) is -0.788. The number of carbonyl (C=O) groups excluding carboxylic acids is 2. The van der Waals surface area contributed by atoms with Gasteiger partial charge in [0, 0.05) is 12.6 Å². The van der Waals surface area contributed by atoms with Gasteiger partial charge in [-0.25, -0.2) is 0 Å². The molecule has 4 atom stereocenters. The van der Waals surface area contributed by atoms with E-state index in [1.165, 1.54) is 0 Å². The van der Waals surface area contributed by atoms with Gasteiger partial charge in [0.15, 0.2) is 0 Å². The number of nitrogens with zero attached hydrogens (tertiary/aromatic N) is 1. The lowest BCUT2D eigenvalue weighted by Crippen LogP contribution is -2.70. The third-order valence-corrected chi connectivity index (χ3v) is 4.84. The fourth-order valence-corrected chi connectivity index (χ4v) is 3.31. The number of likely N-dealkylation sites (tertiary alicyclic amines) is 1. The number of amides is 2. The van der Waals surface area contributed by atoms with E-state index in [2.05, 4.69) is 10.2 Å². The molecule has 1 spiro atoms. The Hall–Kier alpha value is -1.14. The van der Waals surface area contributed by atoms with Crippen molar-refractivity contribution in [1.82, 2.24) is 10.2 Å². The Morgan fingerprint density at radius 2 is 2.37 bits per heavy atom. The van der Waals surface area contributed by atoms with E-state index in [4.69, 9.17) is 5.73 Å². The molecule has 2 aliphatic heterocycles. The highest BCUT2D eigenvalue weighted by Gasteiger charge is 2.55. The monoisotopic (exact) mass is 269 g/mol. The highest BCUT2D eigenvalue weighted by molar-refractivity contribution is 5.93. The van der Waals surface area contributed by atoms with Crippen LogP contribution in [0.1, 0.15) is 32.6 Å². The van der Waals surface area contributed by atoms with Crippen LogP contribution in [0.5, 0.6) is 0 Å². The third kappa shape index (κ3) is 2.34. The van der Waals surface area contributed by atoms with Crippen LogP contribution < -0.4 is 11.1 Å². The molecule has 6 nitrogen and oxygen atoms in total. The number of hydrogen-bond donors (Lipinski definition) is 3. The fraction of sp³-hybridized carbons (Fsp3) is 0.846. The zero-order valence-corrected chi connectivity index (χ0v) is 11.6. The van der Waals surface area contributed by atoms with Crippen molar-refractivity contribution in [3.63, 3.8) is 0 Å². The largest absolute Gasteiger partial charge is 0.393 e. The number of likely N-dealkylation sites (N-methyl/N-ethyl adjacent to an activating group) is 1. The zero-order valence-electron chi connectivity index (χ0n) is 11.6. The minimum atomic E-state index is -0.717. The predicted molar refractivity (Wildman–Crippen MR) is 70.1 cm³/mol. The van der Waals surface area contributed by atoms with Crippen molar-refractivity contribution < 1.29 is 14.7 Å². The van der Waals surface area contributed by atoms with Crippen molar-refractivity contribution in [3.05, 3.63) is 0 Å². The first-order valence-electron chi connectivity index (χ1n) is 6.87. The summed E-state index contributed by atoms with van der Waals surface area (Å²) in [4.78, 5) is 25.1. The molecule has 0 aliphatic carbocycles. The van der Waals surface area contributed by atoms with Gasteiger partial charge in [-0.15, -0.1) is 0 Å². The first-order chi connectivity index (χ1) is 8.88. The lowest BCUT2D eigenvalue weighted by molar-refractivity contribution is -0.141. The molecule has 2 saturated heterocycles. The molecular weight excluding hydrogens is 246 g/mol. The quantitative estimate of drug-likeness (QED) is 0.570. The Morgan fingerprint density at radius 3 is 2.74 bits per heavy atom. The van der Waals surface area contributed by atoms with E-state index in [0.29, 0.717) is 13.0 Å². The molecule has 19 heavy (non-hydrogen) atoms. The van der Waals surface area contributed by atoms with Crippen LogP contribution >= 0.6 is 0 Å². The summed E-state index contributed by atoms with van der Waals surface area (Å²) in [7, 11) is 1.97. The van der Waals surface area contributed by atoms with Crippen LogP contribution in [-0.2, 0) is 9.59 Å². The Balaban J connectivity index is 1.91. The lowest BCUT2D eigenvalue weighted by atomic mass is 9.89. The standard InChI is InChI=1S/C13H23N3O3/c1-8(17)10(11(14)18)4-3-9-5-6-13(16(9)2)7-15-12(13)19/h8-10,17H,3-7H2,1-2H3,(H2,14,18)(H,15,19)/t8-,9?,10+,13?/m1/s1. The number of carbonyl (C=O) groups is 2. The molecule has 0 saturated carbocycles. The summed E-state index contributed by atoms with van der Waals surface area (Å²) in [5, 5.41) is 12.3. The van der Waals surface area contributed by atoms with Gasteiger partial charge in [-0.1, -0.05) is 0 Å². The van der Waals surface area contributed by atoms with E-state index in [-0.39, 0.29) is 17.5 Å². The van der Waals surface area contributed by atoms with Crippen molar-refractivity contribution in [2.24, 2.45) is 11.7 Å². The number of aliphatic hydroxyl groups is 1. The first-order valence-corrected chi connectivity index (χ1v) is 6.87. The summed E-state index contributed by atoms with van der Waals surface area (Å²) in [5.74, 6) is -0.841. The van der Waals surface area contributed by atoms with Gasteiger partial charge >= 0.3 is 0 Å². The molecule has 2 fully saturated rings. The SMILES string of the molecule is C[C@@H](O)[C@H](CCC1CCC2(CNC2=O)N1C)C(N)=O. The van der Waals surface area contributed by atoms with Gasteiger partial charge in [0.1, 0.15) is 5.54 Å². The van der Waals surface area contributed by atoms with E-state index in [9.17, 15) is 14.7 Å². The van der Waals surface area contributed by atoms with Crippen LogP contribution in [-0.4, -0.2) is 53.1 Å². The van der Waals surface area contributed by atoms with Crippen molar-refractivity contribution in [2.45, 2.75) is 50.3 Å². The van der Waals surface area contributed by atoms with Gasteiger partial charge in [-0.05, 0) is 39.7 Å². The number of β-lactam (4-membered cyclic amide) rings is 1. The second kappa shape index (κ2) is 5.09. The maximum absolute atomic E-state index is 11.7. The molecule has 108 valence electrons. The minimum Gasteiger partial charge on any atom is -0.393 e. The van der Waals surface area contributed by atoms with Crippen LogP contribution in [0.2, 0.25) is 0 Å². The van der Waals surface area contributed by atoms with Crippen LogP contribution in [0.4, 0.5) is 0 Å². The van der Waals surface area contributed by atoms with Gasteiger partial charge in [-0.3, -0.25) is 14.5 Å². The Kier molecular flexibility index (Phi) is 3.82. The molecule has 2 aliphatic rings. The van der Waals surface area contributed by atoms with Gasteiger partial charge in [0.05, 0.1) is 12.0 Å². The highest BCUT2D eigenvalue weighted by atomic mass is 16.3. The molecule has 4 N–H and O–H groups in total. The number of nitrogens with two attached hydrogens (primary N) is 1. The van der Waals surface area contributed by atoms with Gasteiger partial charge in [0.2, 0.25) is 11.8 Å². The second-order valence-electron chi connectivity index (χ2n) is 5.84. The summed E-state index contributed by atoms with van der Waals surface area (Å²) in [6.07, 6.45) is 2.46. The van der Waals surface area contributed by atoms with E-state index in [1.807, 2.05) is 7.05 Å². The van der Waals surface area contributed by atoms with Crippen molar-refractivity contribution in [1.29, 1.82) is 0 Å². The summed E-state index contributed by atoms with van der Waals surface area (Å²) < 4.78 is 0. The number of primary amides is 1. The van der Waals surface area contributed by atoms with E-state index >= 15 is 0 Å². The Morgan fingerprint density at radius 1 is 1.68 bits per heavy atom. The van der Waals surface area contributed by atoms with Gasteiger partial charge in [-0.2, -0.15) is 0 Å². The van der Waals surface area contributed by atoms with Crippen molar-refractivity contribution >= 4 is 11.8 Å². The summed E-state index contributed by atoms with van der Waals surface area (Å²) in [6.45, 7) is 2.31. The van der Waals surface area contributed by atoms with E-state index < -0.39 is 17.9 Å². The van der Waals surface area contributed by atoms with Crippen LogP contribution in [0.15, 0.2) is 0 Å². The lowest BCUT2D eigenvalue weighted by Gasteiger charge is -2.44. The van der Waals surface area contributed by atoms with Crippen LogP contribution in [0, 0.1) is 5.92 Å². The molecule has 2 amide bonds. The molecule has 2 unspecified atom stereocenters. The minimum absolute atomic E-state index is 0.111.